The maximum absolute atomic E-state index is 11.7. The standard InChI is InChI=1S/C23H12N.C13H24O2.Ir/c1-2-7-15-14(6-1)17-10-5-11-18-16-8-3-4-9-20(16)23-22(21(17)18)19(15)12-13-24-23;1-5-10(6-2)12(14)9-13(15)11(7-3)8-4;/h1-8,10-13H;9-11,14H,5-8H2,1-4H3;/q-1;;/b;12-9-;. The average Bonchev–Trinajstić information content (AvgIpc) is 2.98. The van der Waals surface area contributed by atoms with Gasteiger partial charge in [0.2, 0.25) is 0 Å². The summed E-state index contributed by atoms with van der Waals surface area (Å²) in [5, 5.41) is 21.1. The summed E-state index contributed by atoms with van der Waals surface area (Å²) in [7, 11) is 0. The van der Waals surface area contributed by atoms with Crippen LogP contribution < -0.4 is 0 Å². The summed E-state index contributed by atoms with van der Waals surface area (Å²) in [6.07, 6.45) is 6.83. The first-order valence-corrected chi connectivity index (χ1v) is 14.2. The van der Waals surface area contributed by atoms with Crippen LogP contribution in [0.3, 0.4) is 0 Å². The minimum atomic E-state index is 0. The Morgan fingerprint density at radius 1 is 0.750 bits per heavy atom. The van der Waals surface area contributed by atoms with Gasteiger partial charge in [-0.15, -0.1) is 29.7 Å². The summed E-state index contributed by atoms with van der Waals surface area (Å²) in [6.45, 7) is 8.07. The number of hydrogen-bond donors (Lipinski definition) is 1. The molecule has 1 N–H and O–H groups in total. The van der Waals surface area contributed by atoms with Gasteiger partial charge in [-0.2, -0.15) is 0 Å². The van der Waals surface area contributed by atoms with Crippen LogP contribution in [0.25, 0.3) is 54.0 Å². The number of aromatic nitrogens is 1. The van der Waals surface area contributed by atoms with E-state index in [0.717, 1.165) is 36.6 Å². The summed E-state index contributed by atoms with van der Waals surface area (Å²) in [5.74, 6) is 0.547. The Labute approximate surface area is 250 Å². The number of nitrogens with zero attached hydrogens (tertiary/aromatic N) is 1. The first-order chi connectivity index (χ1) is 19.0. The molecule has 6 aromatic rings. The van der Waals surface area contributed by atoms with Crippen molar-refractivity contribution in [1.29, 1.82) is 0 Å². The number of rotatable bonds is 7. The van der Waals surface area contributed by atoms with Crippen molar-refractivity contribution in [3.05, 3.63) is 90.8 Å². The zero-order valence-corrected chi connectivity index (χ0v) is 26.0. The average molecular weight is 707 g/mol. The van der Waals surface area contributed by atoms with Gasteiger partial charge >= 0.3 is 0 Å². The Bertz CT molecular complexity index is 1590. The van der Waals surface area contributed by atoms with E-state index in [4.69, 9.17) is 4.98 Å². The molecule has 4 heteroatoms. The molecule has 0 amide bonds. The van der Waals surface area contributed by atoms with Crippen molar-refractivity contribution in [3.63, 3.8) is 0 Å². The largest absolute Gasteiger partial charge is 0.512 e. The minimum Gasteiger partial charge on any atom is -0.512 e. The van der Waals surface area contributed by atoms with E-state index in [1.54, 1.807) is 0 Å². The van der Waals surface area contributed by atoms with Crippen molar-refractivity contribution in [3.8, 4) is 0 Å². The van der Waals surface area contributed by atoms with Gasteiger partial charge in [0, 0.05) is 44.2 Å². The Balaban J connectivity index is 0.000000204. The summed E-state index contributed by atoms with van der Waals surface area (Å²) >= 11 is 0. The summed E-state index contributed by atoms with van der Waals surface area (Å²) in [4.78, 5) is 16.5. The molecule has 6 rings (SSSR count). The Morgan fingerprint density at radius 3 is 1.93 bits per heavy atom. The van der Waals surface area contributed by atoms with Crippen LogP contribution in [0.5, 0.6) is 0 Å². The van der Waals surface area contributed by atoms with E-state index in [0.29, 0.717) is 0 Å². The number of allylic oxidation sites excluding steroid dienone is 2. The fourth-order valence-electron chi connectivity index (χ4n) is 5.99. The molecule has 0 aliphatic heterocycles. The molecular formula is C36H36IrNO2-. The van der Waals surface area contributed by atoms with Crippen LogP contribution in [-0.2, 0) is 24.9 Å². The van der Waals surface area contributed by atoms with E-state index in [1.807, 2.05) is 40.0 Å². The van der Waals surface area contributed by atoms with Crippen molar-refractivity contribution in [2.45, 2.75) is 53.4 Å². The molecule has 5 aromatic carbocycles. The number of pyridine rings is 1. The zero-order chi connectivity index (χ0) is 27.5. The SMILES string of the molecule is CCC(CC)C(=O)/C=C(\O)C(CC)CC.[Ir].[c-]1cccc2c1c1nccc3c4ccccc4c4cccc2c4c31. The van der Waals surface area contributed by atoms with E-state index in [2.05, 4.69) is 66.7 Å². The normalized spacial score (nSPS) is 12.0. The molecule has 0 saturated carbocycles. The first kappa shape index (κ1) is 29.6. The molecule has 0 spiro atoms. The van der Waals surface area contributed by atoms with Crippen LogP contribution in [-0.4, -0.2) is 15.9 Å². The predicted molar refractivity (Wildman–Crippen MR) is 166 cm³/mol. The third-order valence-corrected chi connectivity index (χ3v) is 8.24. The van der Waals surface area contributed by atoms with Gasteiger partial charge in [0.1, 0.15) is 0 Å². The Morgan fingerprint density at radius 2 is 1.30 bits per heavy atom. The van der Waals surface area contributed by atoms with Gasteiger partial charge in [0.05, 0.1) is 5.76 Å². The van der Waals surface area contributed by atoms with Crippen LogP contribution in [0.2, 0.25) is 0 Å². The number of fused-ring (bicyclic) bond motifs is 6. The number of carbonyl (C=O) groups excluding carboxylic acids is 1. The molecule has 0 saturated heterocycles. The Hall–Kier alpha value is -3.33. The molecule has 1 heterocycles. The van der Waals surface area contributed by atoms with Crippen LogP contribution in [0.1, 0.15) is 53.4 Å². The smallest absolute Gasteiger partial charge is 0.162 e. The summed E-state index contributed by atoms with van der Waals surface area (Å²) in [5.41, 5.74) is 1.05. The first-order valence-electron chi connectivity index (χ1n) is 14.2. The minimum absolute atomic E-state index is 0. The van der Waals surface area contributed by atoms with E-state index in [-0.39, 0.29) is 43.5 Å². The third kappa shape index (κ3) is 5.23. The molecule has 0 bridgehead atoms. The maximum Gasteiger partial charge on any atom is 0.162 e. The molecule has 40 heavy (non-hydrogen) atoms. The fraction of sp³-hybridized carbons (Fsp3) is 0.278. The van der Waals surface area contributed by atoms with Gasteiger partial charge in [0.15, 0.2) is 5.78 Å². The van der Waals surface area contributed by atoms with Crippen LogP contribution in [0.15, 0.2) is 84.8 Å². The molecule has 1 radical (unpaired) electrons. The molecule has 207 valence electrons. The quantitative estimate of drug-likeness (QED) is 0.0591. The topological polar surface area (TPSA) is 50.2 Å². The molecule has 0 atom stereocenters. The van der Waals surface area contributed by atoms with Crippen molar-refractivity contribution in [2.24, 2.45) is 11.8 Å². The van der Waals surface area contributed by atoms with E-state index < -0.39 is 0 Å². The molecular weight excluding hydrogens is 671 g/mol. The summed E-state index contributed by atoms with van der Waals surface area (Å²) in [6, 6.07) is 27.1. The number of ketones is 1. The van der Waals surface area contributed by atoms with Gasteiger partial charge in [-0.3, -0.25) is 4.79 Å². The van der Waals surface area contributed by atoms with E-state index in [1.165, 1.54) is 49.2 Å². The van der Waals surface area contributed by atoms with Gasteiger partial charge in [-0.1, -0.05) is 80.9 Å². The van der Waals surface area contributed by atoms with Crippen molar-refractivity contribution < 1.29 is 30.0 Å². The molecule has 0 aliphatic rings. The molecule has 0 unspecified atom stereocenters. The maximum atomic E-state index is 11.7. The van der Waals surface area contributed by atoms with Gasteiger partial charge in [-0.05, 0) is 69.6 Å². The van der Waals surface area contributed by atoms with E-state index >= 15 is 0 Å². The number of aliphatic hydroxyl groups is 1. The van der Waals surface area contributed by atoms with Crippen molar-refractivity contribution in [2.75, 3.05) is 0 Å². The third-order valence-electron chi connectivity index (χ3n) is 8.24. The number of benzene rings is 5. The van der Waals surface area contributed by atoms with E-state index in [9.17, 15) is 9.90 Å². The number of carbonyl (C=O) groups is 1. The molecule has 3 nitrogen and oxygen atoms in total. The molecule has 1 aromatic heterocycles. The second-order valence-electron chi connectivity index (χ2n) is 10.3. The van der Waals surface area contributed by atoms with Crippen molar-refractivity contribution >= 4 is 59.8 Å². The monoisotopic (exact) mass is 707 g/mol. The van der Waals surface area contributed by atoms with Crippen LogP contribution in [0.4, 0.5) is 0 Å². The van der Waals surface area contributed by atoms with Crippen LogP contribution in [0, 0.1) is 17.9 Å². The molecule has 0 fully saturated rings. The van der Waals surface area contributed by atoms with Gasteiger partial charge < -0.3 is 10.1 Å². The van der Waals surface area contributed by atoms with Crippen LogP contribution >= 0.6 is 0 Å². The zero-order valence-electron chi connectivity index (χ0n) is 23.6. The summed E-state index contributed by atoms with van der Waals surface area (Å²) < 4.78 is 0. The number of hydrogen-bond acceptors (Lipinski definition) is 3. The van der Waals surface area contributed by atoms with Gasteiger partial charge in [0.25, 0.3) is 0 Å². The second kappa shape index (κ2) is 12.9. The predicted octanol–water partition coefficient (Wildman–Crippen LogP) is 9.95. The van der Waals surface area contributed by atoms with Crippen molar-refractivity contribution in [1.82, 2.24) is 4.98 Å². The molecule has 0 aliphatic carbocycles. The Kier molecular flexibility index (Phi) is 9.55. The van der Waals surface area contributed by atoms with Gasteiger partial charge in [-0.25, -0.2) is 0 Å². The number of aliphatic hydroxyl groups excluding tert-OH is 1. The second-order valence-corrected chi connectivity index (χ2v) is 10.3. The fourth-order valence-corrected chi connectivity index (χ4v) is 5.99.